The minimum Gasteiger partial charge on any atom is -0.505 e. The summed E-state index contributed by atoms with van der Waals surface area (Å²) < 4.78 is 14.2. The number of halogens is 1. The van der Waals surface area contributed by atoms with Gasteiger partial charge in [-0.2, -0.15) is 0 Å². The lowest BCUT2D eigenvalue weighted by molar-refractivity contribution is 0.287. The Balaban J connectivity index is 1.48. The molecular formula is C27H41FN2O. The number of aromatic nitrogens is 2. The fourth-order valence-electron chi connectivity index (χ4n) is 3.97. The summed E-state index contributed by atoms with van der Waals surface area (Å²) in [5.41, 5.74) is 2.04. The summed E-state index contributed by atoms with van der Waals surface area (Å²) in [4.78, 5) is 8.23. The van der Waals surface area contributed by atoms with Crippen LogP contribution in [-0.4, -0.2) is 21.2 Å². The highest BCUT2D eigenvalue weighted by atomic mass is 19.1. The molecule has 0 spiro atoms. The van der Waals surface area contributed by atoms with Gasteiger partial charge < -0.3 is 5.11 Å². The van der Waals surface area contributed by atoms with Gasteiger partial charge >= 0.3 is 0 Å². The average molecular weight is 429 g/mol. The zero-order chi connectivity index (χ0) is 22.2. The number of benzene rings is 1. The minimum absolute atomic E-state index is 0.0579. The number of aryl methyl sites for hydroxylation is 1. The molecule has 3 nitrogen and oxygen atoms in total. The average Bonchev–Trinajstić information content (AvgIpc) is 2.79. The van der Waals surface area contributed by atoms with Crippen molar-refractivity contribution in [1.29, 1.82) is 0 Å². The van der Waals surface area contributed by atoms with E-state index in [-0.39, 0.29) is 5.75 Å². The summed E-state index contributed by atoms with van der Waals surface area (Å²) in [6, 6.07) is 7.95. The number of unbranched alkanes of at least 4 members (excludes halogenated alkanes) is 11. The molecule has 0 aliphatic heterocycles. The van der Waals surface area contributed by atoms with Gasteiger partial charge in [0, 0.05) is 5.56 Å². The summed E-state index contributed by atoms with van der Waals surface area (Å²) in [6.45, 7) is 2.26. The van der Waals surface area contributed by atoms with Crippen LogP contribution in [0.4, 0.5) is 4.39 Å². The topological polar surface area (TPSA) is 46.0 Å². The van der Waals surface area contributed by atoms with Crippen LogP contribution in [0.1, 0.15) is 102 Å². The Bertz CT molecular complexity index is 687. The lowest BCUT2D eigenvalue weighted by Crippen LogP contribution is -2.02. The number of rotatable bonds is 17. The highest BCUT2D eigenvalue weighted by molar-refractivity contribution is 5.55. The first-order valence-corrected chi connectivity index (χ1v) is 12.4. The summed E-state index contributed by atoms with van der Waals surface area (Å²) in [6.07, 6.45) is 19.9. The quantitative estimate of drug-likeness (QED) is 0.258. The summed E-state index contributed by atoms with van der Waals surface area (Å²) in [5, 5.41) is 9.27. The Morgan fingerprint density at radius 3 is 1.81 bits per heavy atom. The summed E-state index contributed by atoms with van der Waals surface area (Å²) >= 11 is 0. The molecule has 31 heavy (non-hydrogen) atoms. The van der Waals surface area contributed by atoms with Gasteiger partial charge in [0.1, 0.15) is 6.17 Å². The molecule has 0 saturated carbocycles. The van der Waals surface area contributed by atoms with E-state index in [0.29, 0.717) is 18.7 Å². The molecule has 1 N–H and O–H groups in total. The number of hydrogen-bond donors (Lipinski definition) is 1. The van der Waals surface area contributed by atoms with E-state index in [1.807, 2.05) is 24.3 Å². The van der Waals surface area contributed by atoms with Crippen molar-refractivity contribution in [1.82, 2.24) is 9.97 Å². The molecule has 1 aromatic heterocycles. The van der Waals surface area contributed by atoms with Gasteiger partial charge in [-0.05, 0) is 24.8 Å². The molecule has 0 unspecified atom stereocenters. The molecule has 1 atom stereocenters. The molecule has 1 heterocycles. The van der Waals surface area contributed by atoms with Crippen LogP contribution in [0.25, 0.3) is 11.4 Å². The number of nitrogens with zero attached hydrogens (tertiary/aromatic N) is 2. The lowest BCUT2D eigenvalue weighted by atomic mass is 10.0. The fourth-order valence-corrected chi connectivity index (χ4v) is 3.97. The normalized spacial score (nSPS) is 12.2. The molecule has 0 amide bonds. The van der Waals surface area contributed by atoms with Crippen LogP contribution < -0.4 is 0 Å². The van der Waals surface area contributed by atoms with Crippen LogP contribution in [0.5, 0.6) is 5.75 Å². The zero-order valence-corrected chi connectivity index (χ0v) is 19.4. The SMILES string of the molecule is CCCCCCCCCCCCCC[C@@H](F)CCc1ccc(-c2ncc(O)cn2)cc1. The molecule has 0 bridgehead atoms. The van der Waals surface area contributed by atoms with Crippen molar-refractivity contribution in [2.24, 2.45) is 0 Å². The van der Waals surface area contributed by atoms with Gasteiger partial charge in [0.25, 0.3) is 0 Å². The maximum absolute atomic E-state index is 14.2. The van der Waals surface area contributed by atoms with E-state index in [0.717, 1.165) is 30.4 Å². The Labute approximate surface area is 188 Å². The molecule has 2 rings (SSSR count). The van der Waals surface area contributed by atoms with Crippen LogP contribution in [0, 0.1) is 0 Å². The second kappa shape index (κ2) is 15.8. The molecule has 0 fully saturated rings. The Kier molecular flexibility index (Phi) is 12.9. The molecule has 172 valence electrons. The highest BCUT2D eigenvalue weighted by Gasteiger charge is 2.08. The van der Waals surface area contributed by atoms with Gasteiger partial charge in [-0.3, -0.25) is 0 Å². The van der Waals surface area contributed by atoms with Gasteiger partial charge in [-0.25, -0.2) is 14.4 Å². The molecule has 0 aliphatic rings. The van der Waals surface area contributed by atoms with Crippen LogP contribution >= 0.6 is 0 Å². The third kappa shape index (κ3) is 11.3. The Hall–Kier alpha value is -1.97. The number of hydrogen-bond acceptors (Lipinski definition) is 3. The third-order valence-corrected chi connectivity index (χ3v) is 5.97. The van der Waals surface area contributed by atoms with Gasteiger partial charge in [0.15, 0.2) is 11.6 Å². The van der Waals surface area contributed by atoms with E-state index in [4.69, 9.17) is 0 Å². The molecule has 1 aromatic carbocycles. The largest absolute Gasteiger partial charge is 0.505 e. The van der Waals surface area contributed by atoms with E-state index >= 15 is 0 Å². The van der Waals surface area contributed by atoms with Crippen molar-refractivity contribution >= 4 is 0 Å². The van der Waals surface area contributed by atoms with Crippen molar-refractivity contribution in [3.05, 3.63) is 42.2 Å². The van der Waals surface area contributed by atoms with E-state index in [1.165, 1.54) is 76.6 Å². The second-order valence-corrected chi connectivity index (χ2v) is 8.78. The van der Waals surface area contributed by atoms with Gasteiger partial charge in [0.05, 0.1) is 12.4 Å². The Morgan fingerprint density at radius 1 is 0.742 bits per heavy atom. The molecule has 0 aliphatic carbocycles. The second-order valence-electron chi connectivity index (χ2n) is 8.78. The Morgan fingerprint density at radius 2 is 1.26 bits per heavy atom. The van der Waals surface area contributed by atoms with E-state index in [2.05, 4.69) is 16.9 Å². The highest BCUT2D eigenvalue weighted by Crippen LogP contribution is 2.19. The minimum atomic E-state index is -0.705. The number of alkyl halides is 1. The van der Waals surface area contributed by atoms with E-state index in [9.17, 15) is 9.50 Å². The maximum atomic E-state index is 14.2. The predicted molar refractivity (Wildman–Crippen MR) is 128 cm³/mol. The van der Waals surface area contributed by atoms with Crippen LogP contribution in [-0.2, 0) is 6.42 Å². The summed E-state index contributed by atoms with van der Waals surface area (Å²) in [5.74, 6) is 0.641. The van der Waals surface area contributed by atoms with Crippen molar-refractivity contribution in [2.75, 3.05) is 0 Å². The van der Waals surface area contributed by atoms with E-state index < -0.39 is 6.17 Å². The number of aromatic hydroxyl groups is 1. The first-order chi connectivity index (χ1) is 15.2. The van der Waals surface area contributed by atoms with Crippen LogP contribution in [0.2, 0.25) is 0 Å². The molecule has 0 radical (unpaired) electrons. The standard InChI is InChI=1S/C27H41FN2O/c1-2-3-4-5-6-7-8-9-10-11-12-13-14-25(28)20-17-23-15-18-24(19-16-23)27-29-21-26(31)22-30-27/h15-16,18-19,21-22,25,31H,2-14,17,20H2,1H3/t25-/m1/s1. The molecule has 4 heteroatoms. The van der Waals surface area contributed by atoms with Crippen molar-refractivity contribution in [3.8, 4) is 17.1 Å². The van der Waals surface area contributed by atoms with Gasteiger partial charge in [0.2, 0.25) is 0 Å². The molecule has 0 saturated heterocycles. The lowest BCUT2D eigenvalue weighted by Gasteiger charge is -2.09. The first-order valence-electron chi connectivity index (χ1n) is 12.4. The maximum Gasteiger partial charge on any atom is 0.159 e. The fraction of sp³-hybridized carbons (Fsp3) is 0.630. The summed E-state index contributed by atoms with van der Waals surface area (Å²) in [7, 11) is 0. The predicted octanol–water partition coefficient (Wildman–Crippen LogP) is 8.21. The molecular weight excluding hydrogens is 387 g/mol. The first kappa shape index (κ1) is 25.3. The smallest absolute Gasteiger partial charge is 0.159 e. The zero-order valence-electron chi connectivity index (χ0n) is 19.4. The van der Waals surface area contributed by atoms with Crippen molar-refractivity contribution in [2.45, 2.75) is 109 Å². The van der Waals surface area contributed by atoms with E-state index in [1.54, 1.807) is 0 Å². The van der Waals surface area contributed by atoms with Crippen molar-refractivity contribution < 1.29 is 9.50 Å². The monoisotopic (exact) mass is 428 g/mol. The van der Waals surface area contributed by atoms with Crippen LogP contribution in [0.3, 0.4) is 0 Å². The van der Waals surface area contributed by atoms with Crippen LogP contribution in [0.15, 0.2) is 36.7 Å². The van der Waals surface area contributed by atoms with Crippen molar-refractivity contribution in [3.63, 3.8) is 0 Å². The third-order valence-electron chi connectivity index (χ3n) is 5.97. The van der Waals surface area contributed by atoms with Gasteiger partial charge in [-0.15, -0.1) is 0 Å². The molecule has 2 aromatic rings. The van der Waals surface area contributed by atoms with Gasteiger partial charge in [-0.1, -0.05) is 108 Å².